The van der Waals surface area contributed by atoms with Crippen molar-refractivity contribution in [3.05, 3.63) is 41.8 Å². The van der Waals surface area contributed by atoms with Crippen LogP contribution in [0.1, 0.15) is 25.3 Å². The predicted octanol–water partition coefficient (Wildman–Crippen LogP) is 2.42. The molecule has 1 amide bonds. The van der Waals surface area contributed by atoms with Gasteiger partial charge in [-0.1, -0.05) is 18.2 Å². The summed E-state index contributed by atoms with van der Waals surface area (Å²) in [7, 11) is 0. The molecule has 2 heterocycles. The first kappa shape index (κ1) is 18.6. The van der Waals surface area contributed by atoms with Crippen molar-refractivity contribution in [1.29, 1.82) is 0 Å². The number of ether oxygens (including phenoxy) is 1. The maximum Gasteiger partial charge on any atom is 0.226 e. The molecule has 6 nitrogen and oxygen atoms in total. The maximum atomic E-state index is 12.4. The van der Waals surface area contributed by atoms with E-state index in [1.165, 1.54) is 0 Å². The van der Waals surface area contributed by atoms with Gasteiger partial charge in [-0.05, 0) is 32.9 Å². The van der Waals surface area contributed by atoms with Gasteiger partial charge in [-0.2, -0.15) is 0 Å². The van der Waals surface area contributed by atoms with Crippen LogP contribution < -0.4 is 5.32 Å². The van der Waals surface area contributed by atoms with Gasteiger partial charge in [-0.3, -0.25) is 9.69 Å². The predicted molar refractivity (Wildman–Crippen MR) is 99.9 cm³/mol. The molecule has 0 bridgehead atoms. The zero-order valence-corrected chi connectivity index (χ0v) is 15.7. The summed E-state index contributed by atoms with van der Waals surface area (Å²) in [5.41, 5.74) is 1.49. The van der Waals surface area contributed by atoms with Crippen LogP contribution in [0, 0.1) is 6.92 Å². The summed E-state index contributed by atoms with van der Waals surface area (Å²) >= 11 is 0. The van der Waals surface area contributed by atoms with Gasteiger partial charge in [-0.15, -0.1) is 0 Å². The lowest BCUT2D eigenvalue weighted by molar-refractivity contribution is -0.121. The van der Waals surface area contributed by atoms with Gasteiger partial charge in [-0.25, -0.2) is 4.98 Å². The second-order valence-corrected chi connectivity index (χ2v) is 7.25. The van der Waals surface area contributed by atoms with Crippen molar-refractivity contribution in [2.24, 2.45) is 0 Å². The third-order valence-corrected chi connectivity index (χ3v) is 4.83. The molecule has 0 spiro atoms. The summed E-state index contributed by atoms with van der Waals surface area (Å²) < 4.78 is 11.1. The number of aromatic nitrogens is 1. The van der Waals surface area contributed by atoms with Crippen LogP contribution in [0.15, 0.2) is 34.7 Å². The standard InChI is InChI=1S/C20H27N3O3/c1-15-17(22-19(26-15)16-7-5-4-6-8-16)13-18(24)21-14-20(2,3)23-9-11-25-12-10-23/h4-8H,9-14H2,1-3H3,(H,21,24). The molecule has 1 saturated heterocycles. The van der Waals surface area contributed by atoms with Gasteiger partial charge in [0.25, 0.3) is 0 Å². The topological polar surface area (TPSA) is 67.6 Å². The summed E-state index contributed by atoms with van der Waals surface area (Å²) in [5, 5.41) is 3.04. The van der Waals surface area contributed by atoms with Gasteiger partial charge >= 0.3 is 0 Å². The number of carbonyl (C=O) groups excluding carboxylic acids is 1. The molecule has 6 heteroatoms. The highest BCUT2D eigenvalue weighted by Gasteiger charge is 2.28. The van der Waals surface area contributed by atoms with E-state index in [1.807, 2.05) is 37.3 Å². The Hall–Kier alpha value is -2.18. The number of benzene rings is 1. The average molecular weight is 357 g/mol. The number of nitrogens with zero attached hydrogens (tertiary/aromatic N) is 2. The molecule has 3 rings (SSSR count). The molecule has 26 heavy (non-hydrogen) atoms. The van der Waals surface area contributed by atoms with E-state index < -0.39 is 0 Å². The number of hydrogen-bond acceptors (Lipinski definition) is 5. The van der Waals surface area contributed by atoms with Gasteiger partial charge in [0.2, 0.25) is 11.8 Å². The zero-order valence-electron chi connectivity index (χ0n) is 15.7. The molecule has 1 aliphatic rings. The lowest BCUT2D eigenvalue weighted by Gasteiger charge is -2.40. The fraction of sp³-hybridized carbons (Fsp3) is 0.500. The Balaban J connectivity index is 1.57. The molecule has 1 fully saturated rings. The van der Waals surface area contributed by atoms with Crippen molar-refractivity contribution >= 4 is 5.91 Å². The summed E-state index contributed by atoms with van der Waals surface area (Å²) in [6.07, 6.45) is 0.224. The van der Waals surface area contributed by atoms with Crippen LogP contribution >= 0.6 is 0 Å². The highest BCUT2D eigenvalue weighted by Crippen LogP contribution is 2.21. The number of morpholine rings is 1. The molecular weight excluding hydrogens is 330 g/mol. The molecule has 1 aromatic carbocycles. The van der Waals surface area contributed by atoms with E-state index in [1.54, 1.807) is 0 Å². The maximum absolute atomic E-state index is 12.4. The van der Waals surface area contributed by atoms with Crippen molar-refractivity contribution in [3.8, 4) is 11.5 Å². The Morgan fingerprint density at radius 2 is 1.92 bits per heavy atom. The van der Waals surface area contributed by atoms with Crippen LogP contribution in [0.3, 0.4) is 0 Å². The van der Waals surface area contributed by atoms with E-state index >= 15 is 0 Å². The highest BCUT2D eigenvalue weighted by molar-refractivity contribution is 5.78. The third-order valence-electron chi connectivity index (χ3n) is 4.83. The Morgan fingerprint density at radius 3 is 2.62 bits per heavy atom. The molecule has 1 aromatic heterocycles. The number of nitrogens with one attached hydrogen (secondary N) is 1. The average Bonchev–Trinajstić information content (AvgIpc) is 3.02. The number of oxazole rings is 1. The van der Waals surface area contributed by atoms with E-state index in [2.05, 4.69) is 29.0 Å². The van der Waals surface area contributed by atoms with E-state index in [-0.39, 0.29) is 17.9 Å². The van der Waals surface area contributed by atoms with Crippen LogP contribution in [0.2, 0.25) is 0 Å². The number of carbonyl (C=O) groups is 1. The second kappa shape index (κ2) is 8.01. The first-order chi connectivity index (χ1) is 12.5. The van der Waals surface area contributed by atoms with Crippen LogP contribution in [0.5, 0.6) is 0 Å². The quantitative estimate of drug-likeness (QED) is 0.860. The first-order valence-corrected chi connectivity index (χ1v) is 9.07. The highest BCUT2D eigenvalue weighted by atomic mass is 16.5. The number of amides is 1. The Labute approximate surface area is 154 Å². The van der Waals surface area contributed by atoms with Crippen molar-refractivity contribution in [2.75, 3.05) is 32.8 Å². The van der Waals surface area contributed by atoms with E-state index in [4.69, 9.17) is 9.15 Å². The van der Waals surface area contributed by atoms with Crippen molar-refractivity contribution < 1.29 is 13.9 Å². The summed E-state index contributed by atoms with van der Waals surface area (Å²) in [6.45, 7) is 10.0. The van der Waals surface area contributed by atoms with Crippen molar-refractivity contribution in [2.45, 2.75) is 32.7 Å². The lowest BCUT2D eigenvalue weighted by Crippen LogP contribution is -2.55. The zero-order chi connectivity index (χ0) is 18.6. The SMILES string of the molecule is Cc1oc(-c2ccccc2)nc1CC(=O)NCC(C)(C)N1CCOCC1. The van der Waals surface area contributed by atoms with Crippen LogP contribution in [0.4, 0.5) is 0 Å². The molecule has 0 unspecified atom stereocenters. The largest absolute Gasteiger partial charge is 0.441 e. The third kappa shape index (κ3) is 4.51. The van der Waals surface area contributed by atoms with E-state index in [0.717, 1.165) is 31.9 Å². The monoisotopic (exact) mass is 357 g/mol. The molecule has 0 atom stereocenters. The molecule has 0 aliphatic carbocycles. The Morgan fingerprint density at radius 1 is 1.23 bits per heavy atom. The number of rotatable bonds is 6. The van der Waals surface area contributed by atoms with Crippen LogP contribution in [-0.4, -0.2) is 54.2 Å². The minimum atomic E-state index is -0.104. The number of hydrogen-bond donors (Lipinski definition) is 1. The Kier molecular flexibility index (Phi) is 5.74. The fourth-order valence-electron chi connectivity index (χ4n) is 3.11. The normalized spacial score (nSPS) is 15.8. The van der Waals surface area contributed by atoms with Crippen LogP contribution in [0.25, 0.3) is 11.5 Å². The second-order valence-electron chi connectivity index (χ2n) is 7.25. The minimum Gasteiger partial charge on any atom is -0.441 e. The van der Waals surface area contributed by atoms with Crippen molar-refractivity contribution in [1.82, 2.24) is 15.2 Å². The molecule has 1 aliphatic heterocycles. The Bertz CT molecular complexity index is 734. The molecule has 0 radical (unpaired) electrons. The molecular formula is C20H27N3O3. The smallest absolute Gasteiger partial charge is 0.226 e. The summed E-state index contributed by atoms with van der Waals surface area (Å²) in [6, 6.07) is 9.72. The molecule has 140 valence electrons. The van der Waals surface area contributed by atoms with Crippen LogP contribution in [-0.2, 0) is 16.0 Å². The summed E-state index contributed by atoms with van der Waals surface area (Å²) in [5.74, 6) is 1.20. The van der Waals surface area contributed by atoms with E-state index in [0.29, 0.717) is 23.9 Å². The fourth-order valence-corrected chi connectivity index (χ4v) is 3.11. The number of aryl methyl sites for hydroxylation is 1. The molecule has 1 N–H and O–H groups in total. The van der Waals surface area contributed by atoms with Gasteiger partial charge in [0, 0.05) is 30.7 Å². The van der Waals surface area contributed by atoms with Gasteiger partial charge in [0.1, 0.15) is 5.76 Å². The first-order valence-electron chi connectivity index (χ1n) is 9.07. The van der Waals surface area contributed by atoms with Gasteiger partial charge < -0.3 is 14.5 Å². The summed E-state index contributed by atoms with van der Waals surface area (Å²) in [4.78, 5) is 19.3. The van der Waals surface area contributed by atoms with Crippen molar-refractivity contribution in [3.63, 3.8) is 0 Å². The molecule has 2 aromatic rings. The van der Waals surface area contributed by atoms with E-state index in [9.17, 15) is 4.79 Å². The van der Waals surface area contributed by atoms with Gasteiger partial charge in [0.05, 0.1) is 25.3 Å². The molecule has 0 saturated carbocycles. The minimum absolute atomic E-state index is 0.0395. The van der Waals surface area contributed by atoms with Gasteiger partial charge in [0.15, 0.2) is 0 Å². The lowest BCUT2D eigenvalue weighted by atomic mass is 10.0.